The first-order valence-corrected chi connectivity index (χ1v) is 7.40. The molecule has 2 aromatic rings. The van der Waals surface area contributed by atoms with E-state index in [2.05, 4.69) is 53.8 Å². The van der Waals surface area contributed by atoms with E-state index < -0.39 is 0 Å². The summed E-state index contributed by atoms with van der Waals surface area (Å²) in [6.45, 7) is 6.67. The summed E-state index contributed by atoms with van der Waals surface area (Å²) >= 11 is 3.39. The minimum absolute atomic E-state index is 0.175. The molecule has 1 aromatic heterocycles. The molecule has 0 saturated carbocycles. The molecule has 0 unspecified atom stereocenters. The SMILES string of the molecule is CCC(C)(C)c1ccc(Oc2c(N)cncc2Br)cc1. The fourth-order valence-electron chi connectivity index (χ4n) is 1.84. The van der Waals surface area contributed by atoms with Gasteiger partial charge in [0.2, 0.25) is 0 Å². The summed E-state index contributed by atoms with van der Waals surface area (Å²) in [5.74, 6) is 1.36. The van der Waals surface area contributed by atoms with Crippen LogP contribution in [0.1, 0.15) is 32.8 Å². The van der Waals surface area contributed by atoms with Gasteiger partial charge < -0.3 is 10.5 Å². The van der Waals surface area contributed by atoms with Gasteiger partial charge in [0.25, 0.3) is 0 Å². The Balaban J connectivity index is 2.24. The molecular weight excluding hydrogens is 316 g/mol. The summed E-state index contributed by atoms with van der Waals surface area (Å²) < 4.78 is 6.58. The molecule has 0 aliphatic carbocycles. The van der Waals surface area contributed by atoms with E-state index in [0.717, 1.165) is 16.6 Å². The van der Waals surface area contributed by atoms with Crippen LogP contribution in [0.15, 0.2) is 41.1 Å². The Morgan fingerprint density at radius 3 is 2.40 bits per heavy atom. The van der Waals surface area contributed by atoms with E-state index in [1.165, 1.54) is 5.56 Å². The second-order valence-electron chi connectivity index (χ2n) is 5.40. The van der Waals surface area contributed by atoms with Gasteiger partial charge in [-0.1, -0.05) is 32.9 Å². The smallest absolute Gasteiger partial charge is 0.167 e. The van der Waals surface area contributed by atoms with Gasteiger partial charge in [-0.3, -0.25) is 4.98 Å². The maximum atomic E-state index is 5.87. The van der Waals surface area contributed by atoms with E-state index in [-0.39, 0.29) is 5.41 Å². The molecule has 2 rings (SSSR count). The third-order valence-corrected chi connectivity index (χ3v) is 4.19. The molecule has 4 heteroatoms. The van der Waals surface area contributed by atoms with Crippen LogP contribution >= 0.6 is 15.9 Å². The third-order valence-electron chi connectivity index (χ3n) is 3.62. The van der Waals surface area contributed by atoms with Crippen molar-refractivity contribution >= 4 is 21.6 Å². The minimum Gasteiger partial charge on any atom is -0.454 e. The zero-order valence-corrected chi connectivity index (χ0v) is 13.6. The van der Waals surface area contributed by atoms with Gasteiger partial charge in [0.05, 0.1) is 16.4 Å². The first-order valence-electron chi connectivity index (χ1n) is 6.61. The van der Waals surface area contributed by atoms with Gasteiger partial charge >= 0.3 is 0 Å². The van der Waals surface area contributed by atoms with Crippen LogP contribution in [0, 0.1) is 0 Å². The molecule has 0 fully saturated rings. The number of hydrogen-bond donors (Lipinski definition) is 1. The molecule has 106 valence electrons. The van der Waals surface area contributed by atoms with Gasteiger partial charge in [-0.2, -0.15) is 0 Å². The number of hydrogen-bond acceptors (Lipinski definition) is 3. The van der Waals surface area contributed by atoms with Gasteiger partial charge in [-0.05, 0) is 45.5 Å². The standard InChI is InChI=1S/C16H19BrN2O/c1-4-16(2,3)11-5-7-12(8-6-11)20-15-13(17)9-19-10-14(15)18/h5-10H,4,18H2,1-3H3. The molecule has 0 aliphatic heterocycles. The van der Waals surface area contributed by atoms with Crippen LogP contribution in [0.3, 0.4) is 0 Å². The van der Waals surface area contributed by atoms with Crippen LogP contribution in [-0.4, -0.2) is 4.98 Å². The second kappa shape index (κ2) is 5.83. The minimum atomic E-state index is 0.175. The molecule has 0 spiro atoms. The van der Waals surface area contributed by atoms with Crippen molar-refractivity contribution in [2.75, 3.05) is 5.73 Å². The van der Waals surface area contributed by atoms with Crippen molar-refractivity contribution in [3.63, 3.8) is 0 Å². The average Bonchev–Trinajstić information content (AvgIpc) is 2.43. The van der Waals surface area contributed by atoms with Crippen LogP contribution in [0.25, 0.3) is 0 Å². The highest BCUT2D eigenvalue weighted by Crippen LogP contribution is 2.35. The molecule has 20 heavy (non-hydrogen) atoms. The molecular formula is C16H19BrN2O. The lowest BCUT2D eigenvalue weighted by atomic mass is 9.82. The highest BCUT2D eigenvalue weighted by molar-refractivity contribution is 9.10. The molecule has 0 bridgehead atoms. The molecule has 3 nitrogen and oxygen atoms in total. The third kappa shape index (κ3) is 3.12. The quantitative estimate of drug-likeness (QED) is 0.864. The highest BCUT2D eigenvalue weighted by atomic mass is 79.9. The lowest BCUT2D eigenvalue weighted by molar-refractivity contribution is 0.477. The van der Waals surface area contributed by atoms with E-state index in [0.29, 0.717) is 11.4 Å². The maximum absolute atomic E-state index is 5.87. The van der Waals surface area contributed by atoms with E-state index in [1.54, 1.807) is 12.4 Å². The van der Waals surface area contributed by atoms with E-state index in [9.17, 15) is 0 Å². The molecule has 0 radical (unpaired) electrons. The predicted octanol–water partition coefficient (Wildman–Crippen LogP) is 4.91. The van der Waals surface area contributed by atoms with Crippen LogP contribution in [0.4, 0.5) is 5.69 Å². The molecule has 0 saturated heterocycles. The Labute approximate surface area is 128 Å². The molecule has 0 amide bonds. The topological polar surface area (TPSA) is 48.1 Å². The number of nitrogen functional groups attached to an aromatic ring is 1. The lowest BCUT2D eigenvalue weighted by Gasteiger charge is -2.23. The fourth-order valence-corrected chi connectivity index (χ4v) is 2.27. The van der Waals surface area contributed by atoms with Crippen molar-refractivity contribution in [2.45, 2.75) is 32.6 Å². The average molecular weight is 335 g/mol. The summed E-state index contributed by atoms with van der Waals surface area (Å²) in [6.07, 6.45) is 4.34. The number of pyridine rings is 1. The Kier molecular flexibility index (Phi) is 4.33. The first-order chi connectivity index (χ1) is 9.44. The number of nitrogens with two attached hydrogens (primary N) is 1. The molecule has 1 aromatic carbocycles. The summed E-state index contributed by atoms with van der Waals surface area (Å²) in [7, 11) is 0. The zero-order chi connectivity index (χ0) is 14.8. The summed E-state index contributed by atoms with van der Waals surface area (Å²) in [6, 6.07) is 8.15. The van der Waals surface area contributed by atoms with Crippen molar-refractivity contribution in [3.05, 3.63) is 46.7 Å². The van der Waals surface area contributed by atoms with Crippen LogP contribution < -0.4 is 10.5 Å². The second-order valence-corrected chi connectivity index (χ2v) is 6.26. The van der Waals surface area contributed by atoms with Crippen molar-refractivity contribution in [3.8, 4) is 11.5 Å². The first kappa shape index (κ1) is 14.9. The number of rotatable bonds is 4. The molecule has 2 N–H and O–H groups in total. The number of benzene rings is 1. The maximum Gasteiger partial charge on any atom is 0.167 e. The van der Waals surface area contributed by atoms with Crippen molar-refractivity contribution in [2.24, 2.45) is 0 Å². The molecule has 1 heterocycles. The largest absolute Gasteiger partial charge is 0.454 e. The Morgan fingerprint density at radius 2 is 1.85 bits per heavy atom. The Hall–Kier alpha value is -1.55. The van der Waals surface area contributed by atoms with Crippen molar-refractivity contribution in [1.82, 2.24) is 4.98 Å². The van der Waals surface area contributed by atoms with Crippen molar-refractivity contribution in [1.29, 1.82) is 0 Å². The Bertz CT molecular complexity index is 574. The number of halogens is 1. The van der Waals surface area contributed by atoms with E-state index >= 15 is 0 Å². The molecule has 0 aliphatic rings. The summed E-state index contributed by atoms with van der Waals surface area (Å²) in [5, 5.41) is 0. The van der Waals surface area contributed by atoms with Gasteiger partial charge in [-0.15, -0.1) is 0 Å². The zero-order valence-electron chi connectivity index (χ0n) is 12.0. The van der Waals surface area contributed by atoms with Gasteiger partial charge in [0.15, 0.2) is 5.75 Å². The Morgan fingerprint density at radius 1 is 1.20 bits per heavy atom. The normalized spacial score (nSPS) is 11.4. The number of nitrogens with zero attached hydrogens (tertiary/aromatic N) is 1. The fraction of sp³-hybridized carbons (Fsp3) is 0.312. The van der Waals surface area contributed by atoms with Crippen LogP contribution in [0.2, 0.25) is 0 Å². The van der Waals surface area contributed by atoms with Gasteiger partial charge in [-0.25, -0.2) is 0 Å². The van der Waals surface area contributed by atoms with Crippen LogP contribution in [0.5, 0.6) is 11.5 Å². The van der Waals surface area contributed by atoms with Crippen LogP contribution in [-0.2, 0) is 5.41 Å². The lowest BCUT2D eigenvalue weighted by Crippen LogP contribution is -2.14. The summed E-state index contributed by atoms with van der Waals surface area (Å²) in [4.78, 5) is 3.99. The summed E-state index contributed by atoms with van der Waals surface area (Å²) in [5.41, 5.74) is 7.86. The predicted molar refractivity (Wildman–Crippen MR) is 86.2 cm³/mol. The number of aromatic nitrogens is 1. The van der Waals surface area contributed by atoms with E-state index in [4.69, 9.17) is 10.5 Å². The van der Waals surface area contributed by atoms with Gasteiger partial charge in [0, 0.05) is 6.20 Å². The van der Waals surface area contributed by atoms with Crippen molar-refractivity contribution < 1.29 is 4.74 Å². The van der Waals surface area contributed by atoms with E-state index in [1.807, 2.05) is 12.1 Å². The number of ether oxygens (including phenoxy) is 1. The molecule has 0 atom stereocenters. The number of anilines is 1. The van der Waals surface area contributed by atoms with Gasteiger partial charge in [0.1, 0.15) is 5.75 Å². The highest BCUT2D eigenvalue weighted by Gasteiger charge is 2.17. The monoisotopic (exact) mass is 334 g/mol.